The first-order valence-corrected chi connectivity index (χ1v) is 7.26. The van der Waals surface area contributed by atoms with E-state index in [0.717, 1.165) is 5.56 Å². The van der Waals surface area contributed by atoms with E-state index in [1.54, 1.807) is 0 Å². The minimum Gasteiger partial charge on any atom is -0.390 e. The third kappa shape index (κ3) is 4.98. The molecular weight excluding hydrogens is 255 g/mol. The van der Waals surface area contributed by atoms with Crippen LogP contribution in [0.15, 0.2) is 30.3 Å². The Morgan fingerprint density at radius 1 is 1.39 bits per heavy atom. The topological polar surface area (TPSA) is 116 Å². The first kappa shape index (κ1) is 14.9. The first-order chi connectivity index (χ1) is 8.44. The third-order valence-electron chi connectivity index (χ3n) is 2.25. The minimum absolute atomic E-state index is 0.0328. The number of hydrogen-bond acceptors (Lipinski definition) is 5. The molecule has 1 unspecified atom stereocenters. The largest absolute Gasteiger partial charge is 0.390 e. The molecule has 0 saturated carbocycles. The van der Waals surface area contributed by atoms with Gasteiger partial charge >= 0.3 is 13.6 Å². The molecule has 0 aliphatic rings. The smallest absolute Gasteiger partial charge is 0.380 e. The quantitative estimate of drug-likeness (QED) is 0.639. The lowest BCUT2D eigenvalue weighted by molar-refractivity contribution is -0.136. The average Bonchev–Trinajstić information content (AvgIpc) is 2.29. The second-order valence-electron chi connectivity index (χ2n) is 3.86. The van der Waals surface area contributed by atoms with E-state index < -0.39 is 19.6 Å². The van der Waals surface area contributed by atoms with E-state index in [9.17, 15) is 14.3 Å². The van der Waals surface area contributed by atoms with E-state index in [1.165, 1.54) is 0 Å². The van der Waals surface area contributed by atoms with Gasteiger partial charge < -0.3 is 20.9 Å². The summed E-state index contributed by atoms with van der Waals surface area (Å²) in [5.41, 5.74) is 11.6. The molecule has 0 amide bonds. The van der Waals surface area contributed by atoms with Gasteiger partial charge in [0.1, 0.15) is 6.04 Å². The molecule has 0 bridgehead atoms. The van der Waals surface area contributed by atoms with E-state index in [4.69, 9.17) is 11.5 Å². The van der Waals surface area contributed by atoms with Crippen molar-refractivity contribution in [1.82, 2.24) is 0 Å². The van der Waals surface area contributed by atoms with Gasteiger partial charge in [-0.2, -0.15) is 0 Å². The lowest BCUT2D eigenvalue weighted by Crippen LogP contribution is -2.34. The molecule has 2 atom stereocenters. The molecule has 1 rings (SSSR count). The van der Waals surface area contributed by atoms with Crippen LogP contribution in [-0.2, 0) is 20.3 Å². The molecule has 1 aromatic rings. The molecule has 0 spiro atoms. The molecular formula is C11H17N2O4P. The molecule has 18 heavy (non-hydrogen) atoms. The van der Waals surface area contributed by atoms with Crippen LogP contribution in [0.5, 0.6) is 0 Å². The highest BCUT2D eigenvalue weighted by Gasteiger charge is 2.26. The number of rotatable bonds is 6. The fraction of sp³-hybridized carbons (Fsp3) is 0.364. The van der Waals surface area contributed by atoms with Gasteiger partial charge in [0.15, 0.2) is 0 Å². The van der Waals surface area contributed by atoms with Crippen molar-refractivity contribution in [1.29, 1.82) is 0 Å². The lowest BCUT2D eigenvalue weighted by Gasteiger charge is -2.15. The zero-order valence-corrected chi connectivity index (χ0v) is 10.8. The van der Waals surface area contributed by atoms with Crippen LogP contribution in [-0.4, -0.2) is 29.6 Å². The predicted molar refractivity (Wildman–Crippen MR) is 68.0 cm³/mol. The maximum atomic E-state index is 11.5. The van der Waals surface area contributed by atoms with Crippen LogP contribution in [0.1, 0.15) is 5.56 Å². The van der Waals surface area contributed by atoms with E-state index in [-0.39, 0.29) is 19.1 Å². The molecule has 6 nitrogen and oxygen atoms in total. The van der Waals surface area contributed by atoms with E-state index in [1.807, 2.05) is 30.3 Å². The number of benzene rings is 1. The SMILES string of the molecule is NCCP(=O)(O)OC(=O)[C@@H](N)Cc1ccccc1. The van der Waals surface area contributed by atoms with Gasteiger partial charge in [0.05, 0.1) is 6.16 Å². The van der Waals surface area contributed by atoms with Crippen LogP contribution in [0, 0.1) is 0 Å². The molecule has 5 N–H and O–H groups in total. The predicted octanol–water partition coefficient (Wildman–Crippen LogP) is 0.244. The van der Waals surface area contributed by atoms with Gasteiger partial charge in [-0.05, 0) is 12.0 Å². The number of carbonyl (C=O) groups excluding carboxylic acids is 1. The molecule has 7 heteroatoms. The van der Waals surface area contributed by atoms with Crippen LogP contribution in [0.25, 0.3) is 0 Å². The molecule has 0 radical (unpaired) electrons. The van der Waals surface area contributed by atoms with Crippen LogP contribution in [0.3, 0.4) is 0 Å². The second kappa shape index (κ2) is 6.66. The van der Waals surface area contributed by atoms with Crippen LogP contribution in [0.2, 0.25) is 0 Å². The molecule has 0 heterocycles. The van der Waals surface area contributed by atoms with Crippen molar-refractivity contribution in [2.24, 2.45) is 11.5 Å². The van der Waals surface area contributed by atoms with Gasteiger partial charge in [-0.3, -0.25) is 4.79 Å². The standard InChI is InChI=1S/C11H17N2O4P/c12-6-7-18(15,16)17-11(14)10(13)8-9-4-2-1-3-5-9/h1-5,10H,6-8,12-13H2,(H,15,16)/t10-/m0/s1. The summed E-state index contributed by atoms with van der Waals surface area (Å²) in [5, 5.41) is 0. The Hall–Kier alpha value is -1.20. The molecule has 1 aromatic carbocycles. The second-order valence-corrected chi connectivity index (χ2v) is 5.76. The van der Waals surface area contributed by atoms with Crippen molar-refractivity contribution in [3.8, 4) is 0 Å². The van der Waals surface area contributed by atoms with Crippen LogP contribution >= 0.6 is 7.60 Å². The van der Waals surface area contributed by atoms with Gasteiger partial charge in [-0.15, -0.1) is 0 Å². The lowest BCUT2D eigenvalue weighted by atomic mass is 10.1. The highest BCUT2D eigenvalue weighted by Crippen LogP contribution is 2.41. The average molecular weight is 272 g/mol. The van der Waals surface area contributed by atoms with Crippen LogP contribution in [0.4, 0.5) is 0 Å². The number of carbonyl (C=O) groups is 1. The molecule has 0 aromatic heterocycles. The molecule has 100 valence electrons. The van der Waals surface area contributed by atoms with E-state index in [2.05, 4.69) is 4.52 Å². The summed E-state index contributed by atoms with van der Waals surface area (Å²) in [7, 11) is -3.96. The summed E-state index contributed by atoms with van der Waals surface area (Å²) in [6.45, 7) is -0.0328. The van der Waals surface area contributed by atoms with Crippen LogP contribution < -0.4 is 11.5 Å². The number of nitrogens with two attached hydrogens (primary N) is 2. The Bertz CT molecular complexity index is 438. The third-order valence-corrected chi connectivity index (χ3v) is 3.53. The first-order valence-electron chi connectivity index (χ1n) is 5.49. The van der Waals surface area contributed by atoms with Crippen molar-refractivity contribution in [3.05, 3.63) is 35.9 Å². The molecule has 0 fully saturated rings. The zero-order valence-electron chi connectivity index (χ0n) is 9.86. The summed E-state index contributed by atoms with van der Waals surface area (Å²) < 4.78 is 15.8. The van der Waals surface area contributed by atoms with Crippen molar-refractivity contribution in [2.45, 2.75) is 12.5 Å². The van der Waals surface area contributed by atoms with E-state index >= 15 is 0 Å². The summed E-state index contributed by atoms with van der Waals surface area (Å²) in [5.74, 6) is -0.891. The van der Waals surface area contributed by atoms with Gasteiger partial charge in [-0.1, -0.05) is 30.3 Å². The normalized spacial score (nSPS) is 15.7. The monoisotopic (exact) mass is 272 g/mol. The van der Waals surface area contributed by atoms with Gasteiger partial charge in [0.2, 0.25) is 0 Å². The summed E-state index contributed by atoms with van der Waals surface area (Å²) in [6.07, 6.45) is -0.0148. The van der Waals surface area contributed by atoms with Gasteiger partial charge in [0, 0.05) is 6.54 Å². The molecule has 0 saturated heterocycles. The van der Waals surface area contributed by atoms with Crippen molar-refractivity contribution >= 4 is 13.6 Å². The highest BCUT2D eigenvalue weighted by molar-refractivity contribution is 7.53. The van der Waals surface area contributed by atoms with Crippen molar-refractivity contribution in [3.63, 3.8) is 0 Å². The minimum atomic E-state index is -3.96. The highest BCUT2D eigenvalue weighted by atomic mass is 31.2. The Morgan fingerprint density at radius 2 is 2.00 bits per heavy atom. The van der Waals surface area contributed by atoms with Gasteiger partial charge in [-0.25, -0.2) is 4.57 Å². The molecule has 0 aliphatic carbocycles. The Kier molecular flexibility index (Phi) is 5.50. The maximum absolute atomic E-state index is 11.5. The molecule has 0 aliphatic heterocycles. The Morgan fingerprint density at radius 3 is 2.56 bits per heavy atom. The van der Waals surface area contributed by atoms with Crippen molar-refractivity contribution < 1.29 is 18.8 Å². The Labute approximate surface area is 105 Å². The van der Waals surface area contributed by atoms with Gasteiger partial charge in [0.25, 0.3) is 0 Å². The zero-order chi connectivity index (χ0) is 13.6. The van der Waals surface area contributed by atoms with Crippen molar-refractivity contribution in [2.75, 3.05) is 12.7 Å². The fourth-order valence-electron chi connectivity index (χ4n) is 1.37. The van der Waals surface area contributed by atoms with E-state index in [0.29, 0.717) is 0 Å². The number of hydrogen-bond donors (Lipinski definition) is 3. The summed E-state index contributed by atoms with van der Waals surface area (Å²) in [4.78, 5) is 20.8. The summed E-state index contributed by atoms with van der Waals surface area (Å²) >= 11 is 0. The Balaban J connectivity index is 2.55. The summed E-state index contributed by atoms with van der Waals surface area (Å²) in [6, 6.07) is 8.14. The maximum Gasteiger partial charge on any atom is 0.380 e. The fourth-order valence-corrected chi connectivity index (χ4v) is 2.20.